The van der Waals surface area contributed by atoms with Crippen LogP contribution in [0, 0.1) is 6.92 Å². The van der Waals surface area contributed by atoms with E-state index in [0.29, 0.717) is 11.5 Å². The Balaban J connectivity index is 0.000000623. The van der Waals surface area contributed by atoms with Crippen LogP contribution >= 0.6 is 0 Å². The SMILES string of the molecule is C=C(NC1=NC(c2ccccc2C(F)(F)F)NC2=C1CCCC2)c1ccccc1C.CCCCC. The second-order valence-electron chi connectivity index (χ2n) is 9.05. The fraction of sp³-hybridized carbons (Fsp3) is 0.414. The molecule has 6 heteroatoms. The van der Waals surface area contributed by atoms with Gasteiger partial charge in [-0.05, 0) is 44.2 Å². The summed E-state index contributed by atoms with van der Waals surface area (Å²) < 4.78 is 40.8. The minimum atomic E-state index is -4.44. The van der Waals surface area contributed by atoms with Crippen LogP contribution in [0.1, 0.15) is 87.2 Å². The number of nitrogens with one attached hydrogen (secondary N) is 2. The molecule has 2 aliphatic rings. The first-order valence-corrected chi connectivity index (χ1v) is 12.5. The summed E-state index contributed by atoms with van der Waals surface area (Å²) in [6.07, 6.45) is 2.51. The molecule has 0 radical (unpaired) electrons. The number of alkyl halides is 3. The van der Waals surface area contributed by atoms with Crippen LogP contribution in [0.5, 0.6) is 0 Å². The van der Waals surface area contributed by atoms with Gasteiger partial charge in [-0.3, -0.25) is 0 Å². The lowest BCUT2D eigenvalue weighted by Gasteiger charge is -2.33. The average molecular weight is 484 g/mol. The van der Waals surface area contributed by atoms with Crippen LogP contribution in [-0.4, -0.2) is 5.84 Å². The molecule has 1 aliphatic carbocycles. The summed E-state index contributed by atoms with van der Waals surface area (Å²) in [5.74, 6) is 0.610. The molecule has 0 saturated carbocycles. The number of rotatable bonds is 5. The number of aliphatic imine (C=N–C) groups is 1. The van der Waals surface area contributed by atoms with E-state index in [1.165, 1.54) is 31.4 Å². The van der Waals surface area contributed by atoms with Gasteiger partial charge < -0.3 is 10.6 Å². The van der Waals surface area contributed by atoms with Gasteiger partial charge in [0.25, 0.3) is 0 Å². The first kappa shape index (κ1) is 26.6. The van der Waals surface area contributed by atoms with Crippen LogP contribution in [0.25, 0.3) is 5.70 Å². The lowest BCUT2D eigenvalue weighted by atomic mass is 9.92. The molecule has 1 atom stereocenters. The molecular weight excluding hydrogens is 447 g/mol. The van der Waals surface area contributed by atoms with Gasteiger partial charge in [0, 0.05) is 28.1 Å². The second-order valence-corrected chi connectivity index (χ2v) is 9.05. The van der Waals surface area contributed by atoms with E-state index in [4.69, 9.17) is 0 Å². The van der Waals surface area contributed by atoms with Gasteiger partial charge in [0.05, 0.1) is 5.56 Å². The third-order valence-electron chi connectivity index (χ3n) is 6.33. The number of allylic oxidation sites excluding steroid dienone is 1. The highest BCUT2D eigenvalue weighted by Crippen LogP contribution is 2.38. The maximum absolute atomic E-state index is 13.6. The van der Waals surface area contributed by atoms with E-state index in [9.17, 15) is 13.2 Å². The van der Waals surface area contributed by atoms with Gasteiger partial charge in [-0.1, -0.05) is 82.2 Å². The predicted octanol–water partition coefficient (Wildman–Crippen LogP) is 8.30. The maximum atomic E-state index is 13.6. The Morgan fingerprint density at radius 1 is 1.03 bits per heavy atom. The second kappa shape index (κ2) is 12.1. The van der Waals surface area contributed by atoms with E-state index in [2.05, 4.69) is 36.1 Å². The molecule has 188 valence electrons. The van der Waals surface area contributed by atoms with E-state index in [1.54, 1.807) is 6.07 Å². The van der Waals surface area contributed by atoms with E-state index in [0.717, 1.165) is 54.1 Å². The highest BCUT2D eigenvalue weighted by molar-refractivity contribution is 6.04. The van der Waals surface area contributed by atoms with E-state index in [-0.39, 0.29) is 5.56 Å². The average Bonchev–Trinajstić information content (AvgIpc) is 2.84. The highest BCUT2D eigenvalue weighted by atomic mass is 19.4. The van der Waals surface area contributed by atoms with Crippen molar-refractivity contribution in [3.63, 3.8) is 0 Å². The Morgan fingerprint density at radius 3 is 2.34 bits per heavy atom. The molecule has 0 amide bonds. The predicted molar refractivity (Wildman–Crippen MR) is 139 cm³/mol. The van der Waals surface area contributed by atoms with Crippen molar-refractivity contribution in [3.8, 4) is 0 Å². The maximum Gasteiger partial charge on any atom is 0.416 e. The van der Waals surface area contributed by atoms with Crippen LogP contribution in [0.3, 0.4) is 0 Å². The van der Waals surface area contributed by atoms with Crippen LogP contribution in [0.2, 0.25) is 0 Å². The molecule has 1 unspecified atom stereocenters. The number of aryl methyl sites for hydroxylation is 1. The Morgan fingerprint density at radius 2 is 1.69 bits per heavy atom. The van der Waals surface area contributed by atoms with Gasteiger partial charge in [0.1, 0.15) is 12.0 Å². The smallest absolute Gasteiger partial charge is 0.363 e. The zero-order valence-corrected chi connectivity index (χ0v) is 20.9. The normalized spacial score (nSPS) is 17.4. The number of amidine groups is 1. The van der Waals surface area contributed by atoms with Crippen molar-refractivity contribution in [3.05, 3.63) is 88.6 Å². The summed E-state index contributed by atoms with van der Waals surface area (Å²) in [5.41, 5.74) is 4.19. The van der Waals surface area contributed by atoms with Crippen LogP contribution < -0.4 is 10.6 Å². The molecule has 1 heterocycles. The van der Waals surface area contributed by atoms with Crippen molar-refractivity contribution in [2.45, 2.75) is 78.1 Å². The molecule has 0 saturated heterocycles. The minimum absolute atomic E-state index is 0.128. The van der Waals surface area contributed by atoms with Gasteiger partial charge in [-0.2, -0.15) is 13.2 Å². The van der Waals surface area contributed by atoms with E-state index < -0.39 is 17.9 Å². The molecule has 0 bridgehead atoms. The summed E-state index contributed by atoms with van der Waals surface area (Å²) in [7, 11) is 0. The number of unbranched alkanes of at least 4 members (excludes halogenated alkanes) is 2. The molecule has 35 heavy (non-hydrogen) atoms. The van der Waals surface area contributed by atoms with Gasteiger partial charge in [-0.25, -0.2) is 4.99 Å². The van der Waals surface area contributed by atoms with Crippen molar-refractivity contribution < 1.29 is 13.2 Å². The van der Waals surface area contributed by atoms with Gasteiger partial charge in [0.15, 0.2) is 0 Å². The molecule has 3 nitrogen and oxygen atoms in total. The van der Waals surface area contributed by atoms with Crippen LogP contribution in [0.4, 0.5) is 13.2 Å². The van der Waals surface area contributed by atoms with E-state index >= 15 is 0 Å². The number of nitrogens with zero attached hydrogens (tertiary/aromatic N) is 1. The molecule has 2 aromatic carbocycles. The summed E-state index contributed by atoms with van der Waals surface area (Å²) in [6, 6.07) is 13.5. The summed E-state index contributed by atoms with van der Waals surface area (Å²) in [6.45, 7) is 10.6. The standard InChI is InChI=1S/C24H24F3N3.C5H12/c1-15-9-3-4-10-17(15)16(2)28-23-19-12-6-8-14-21(19)29-22(30-23)18-11-5-7-13-20(18)24(25,26)27;1-3-5-4-2/h3-5,7,9-11,13,22,29H,2,6,8,12,14H2,1H3,(H,28,30);3-5H2,1-2H3. The molecule has 2 N–H and O–H groups in total. The van der Waals surface area contributed by atoms with Crippen molar-refractivity contribution in [1.82, 2.24) is 10.6 Å². The monoisotopic (exact) mass is 483 g/mol. The lowest BCUT2D eigenvalue weighted by Crippen LogP contribution is -2.36. The zero-order chi connectivity index (χ0) is 25.4. The Kier molecular flexibility index (Phi) is 9.19. The molecular formula is C29H36F3N3. The number of benzene rings is 2. The largest absolute Gasteiger partial charge is 0.416 e. The Labute approximate surface area is 207 Å². The van der Waals surface area contributed by atoms with Gasteiger partial charge >= 0.3 is 6.18 Å². The minimum Gasteiger partial charge on any atom is -0.363 e. The lowest BCUT2D eigenvalue weighted by molar-refractivity contribution is -0.138. The number of hydrogen-bond acceptors (Lipinski definition) is 3. The summed E-state index contributed by atoms with van der Waals surface area (Å²) in [5, 5.41) is 6.57. The molecule has 4 rings (SSSR count). The highest BCUT2D eigenvalue weighted by Gasteiger charge is 2.36. The van der Waals surface area contributed by atoms with Crippen LogP contribution in [0.15, 0.2) is 71.4 Å². The Bertz CT molecular complexity index is 1080. The van der Waals surface area contributed by atoms with Crippen LogP contribution in [-0.2, 0) is 6.18 Å². The topological polar surface area (TPSA) is 36.4 Å². The molecule has 2 aromatic rings. The van der Waals surface area contributed by atoms with Gasteiger partial charge in [-0.15, -0.1) is 0 Å². The van der Waals surface area contributed by atoms with Crippen molar-refractivity contribution in [2.75, 3.05) is 0 Å². The quantitative estimate of drug-likeness (QED) is 0.449. The van der Waals surface area contributed by atoms with Crippen molar-refractivity contribution >= 4 is 11.5 Å². The van der Waals surface area contributed by atoms with Gasteiger partial charge in [0.2, 0.25) is 0 Å². The Hall–Kier alpha value is -3.02. The molecule has 0 spiro atoms. The summed E-state index contributed by atoms with van der Waals surface area (Å²) in [4.78, 5) is 4.68. The number of halogens is 3. The van der Waals surface area contributed by atoms with Crippen molar-refractivity contribution in [2.24, 2.45) is 4.99 Å². The number of hydrogen-bond donors (Lipinski definition) is 2. The molecule has 0 fully saturated rings. The fourth-order valence-electron chi connectivity index (χ4n) is 4.45. The zero-order valence-electron chi connectivity index (χ0n) is 20.9. The van der Waals surface area contributed by atoms with E-state index in [1.807, 2.05) is 31.2 Å². The first-order chi connectivity index (χ1) is 16.8. The first-order valence-electron chi connectivity index (χ1n) is 12.5. The summed E-state index contributed by atoms with van der Waals surface area (Å²) >= 11 is 0. The fourth-order valence-corrected chi connectivity index (χ4v) is 4.45. The van der Waals surface area contributed by atoms with Crippen molar-refractivity contribution in [1.29, 1.82) is 0 Å². The third kappa shape index (κ3) is 6.77. The molecule has 0 aromatic heterocycles. The molecule has 1 aliphatic heterocycles. The third-order valence-corrected chi connectivity index (χ3v) is 6.33.